The third-order valence-electron chi connectivity index (χ3n) is 4.88. The topological polar surface area (TPSA) is 39.7 Å². The Morgan fingerprint density at radius 2 is 2.14 bits per heavy atom. The van der Waals surface area contributed by atoms with E-state index in [9.17, 15) is 0 Å². The molecule has 2 aliphatic heterocycles. The number of aliphatic imine (C=N–C) groups is 1. The number of nitrogens with zero attached hydrogens (tertiary/aromatic N) is 2. The van der Waals surface area contributed by atoms with Crippen molar-refractivity contribution in [3.63, 3.8) is 0 Å². The van der Waals surface area contributed by atoms with Gasteiger partial charge in [-0.1, -0.05) is 13.3 Å². The van der Waals surface area contributed by atoms with Gasteiger partial charge >= 0.3 is 0 Å². The first-order chi connectivity index (χ1) is 10.7. The van der Waals surface area contributed by atoms with Gasteiger partial charge in [0, 0.05) is 23.9 Å². The molecule has 5 heteroatoms. The van der Waals surface area contributed by atoms with Crippen molar-refractivity contribution in [2.24, 2.45) is 4.99 Å². The van der Waals surface area contributed by atoms with Gasteiger partial charge in [0.25, 0.3) is 0 Å². The van der Waals surface area contributed by atoms with Gasteiger partial charge in [-0.05, 0) is 58.4 Å². The van der Waals surface area contributed by atoms with Crippen LogP contribution in [0.2, 0.25) is 0 Å². The van der Waals surface area contributed by atoms with Gasteiger partial charge in [-0.15, -0.1) is 0 Å². The fourth-order valence-corrected chi connectivity index (χ4v) is 4.70. The van der Waals surface area contributed by atoms with Crippen LogP contribution in [0.1, 0.15) is 52.9 Å². The lowest BCUT2D eigenvalue weighted by molar-refractivity contribution is 0.157. The monoisotopic (exact) mass is 326 g/mol. The third-order valence-corrected chi connectivity index (χ3v) is 6.40. The number of piperidine rings is 1. The second-order valence-electron chi connectivity index (χ2n) is 6.76. The molecular formula is C17H34N4S. The Balaban J connectivity index is 1.84. The largest absolute Gasteiger partial charge is 0.357 e. The molecule has 4 nitrogen and oxygen atoms in total. The minimum atomic E-state index is 0.350. The van der Waals surface area contributed by atoms with E-state index >= 15 is 0 Å². The standard InChI is InChI=1S/C17H34N4S/c1-4-18-16(20-14-17(3)10-8-12-22-17)19-13-15-9-6-7-11-21(15)5-2/h15H,4-14H2,1-3H3,(H2,18,19,20). The number of likely N-dealkylation sites (tertiary alicyclic amines) is 1. The fraction of sp³-hybridized carbons (Fsp3) is 0.941. The molecule has 128 valence electrons. The van der Waals surface area contributed by atoms with E-state index < -0.39 is 0 Å². The summed E-state index contributed by atoms with van der Waals surface area (Å²) in [6.07, 6.45) is 6.67. The highest BCUT2D eigenvalue weighted by Gasteiger charge is 2.29. The molecule has 0 saturated carbocycles. The third kappa shape index (κ3) is 5.34. The van der Waals surface area contributed by atoms with E-state index in [2.05, 4.69) is 48.1 Å². The second kappa shape index (κ2) is 9.02. The molecule has 0 bridgehead atoms. The molecule has 0 amide bonds. The summed E-state index contributed by atoms with van der Waals surface area (Å²) in [5, 5.41) is 6.99. The van der Waals surface area contributed by atoms with E-state index in [0.29, 0.717) is 10.8 Å². The first kappa shape index (κ1) is 17.9. The lowest BCUT2D eigenvalue weighted by atomic mass is 10.0. The van der Waals surface area contributed by atoms with E-state index in [1.54, 1.807) is 0 Å². The minimum Gasteiger partial charge on any atom is -0.357 e. The summed E-state index contributed by atoms with van der Waals surface area (Å²) in [6.45, 7) is 12.1. The number of rotatable bonds is 6. The highest BCUT2D eigenvalue weighted by molar-refractivity contribution is 8.00. The van der Waals surface area contributed by atoms with Crippen LogP contribution in [-0.4, -0.2) is 60.1 Å². The van der Waals surface area contributed by atoms with Gasteiger partial charge in [0.15, 0.2) is 5.96 Å². The molecule has 2 aliphatic rings. The lowest BCUT2D eigenvalue weighted by Gasteiger charge is -2.35. The van der Waals surface area contributed by atoms with Crippen molar-refractivity contribution in [1.29, 1.82) is 0 Å². The number of hydrogen-bond acceptors (Lipinski definition) is 3. The predicted molar refractivity (Wildman–Crippen MR) is 99.0 cm³/mol. The van der Waals surface area contributed by atoms with Gasteiger partial charge in [0.2, 0.25) is 0 Å². The van der Waals surface area contributed by atoms with E-state index in [4.69, 9.17) is 4.99 Å². The van der Waals surface area contributed by atoms with Crippen molar-refractivity contribution in [1.82, 2.24) is 15.5 Å². The smallest absolute Gasteiger partial charge is 0.191 e. The summed E-state index contributed by atoms with van der Waals surface area (Å²) in [7, 11) is 0. The Morgan fingerprint density at radius 3 is 2.82 bits per heavy atom. The van der Waals surface area contributed by atoms with Crippen LogP contribution in [0.25, 0.3) is 0 Å². The summed E-state index contributed by atoms with van der Waals surface area (Å²) in [5.41, 5.74) is 0. The predicted octanol–water partition coefficient (Wildman–Crippen LogP) is 2.70. The van der Waals surface area contributed by atoms with E-state index in [1.807, 2.05) is 0 Å². The molecule has 2 rings (SSSR count). The van der Waals surface area contributed by atoms with Gasteiger partial charge in [-0.25, -0.2) is 0 Å². The molecule has 2 fully saturated rings. The molecule has 2 atom stereocenters. The number of thioether (sulfide) groups is 1. The summed E-state index contributed by atoms with van der Waals surface area (Å²) < 4.78 is 0.350. The van der Waals surface area contributed by atoms with Gasteiger partial charge in [0.1, 0.15) is 0 Å². The zero-order chi connectivity index (χ0) is 15.8. The van der Waals surface area contributed by atoms with Gasteiger partial charge < -0.3 is 10.6 Å². The van der Waals surface area contributed by atoms with Crippen molar-refractivity contribution < 1.29 is 0 Å². The summed E-state index contributed by atoms with van der Waals surface area (Å²) in [5.74, 6) is 2.29. The number of likely N-dealkylation sites (N-methyl/N-ethyl adjacent to an activating group) is 1. The molecule has 2 unspecified atom stereocenters. The van der Waals surface area contributed by atoms with Crippen molar-refractivity contribution in [3.05, 3.63) is 0 Å². The van der Waals surface area contributed by atoms with Gasteiger partial charge in [0.05, 0.1) is 6.54 Å². The van der Waals surface area contributed by atoms with Crippen LogP contribution >= 0.6 is 11.8 Å². The van der Waals surface area contributed by atoms with Crippen LogP contribution in [0.15, 0.2) is 4.99 Å². The molecule has 2 heterocycles. The van der Waals surface area contributed by atoms with Gasteiger partial charge in [-0.2, -0.15) is 11.8 Å². The summed E-state index contributed by atoms with van der Waals surface area (Å²) in [6, 6.07) is 0.666. The zero-order valence-electron chi connectivity index (χ0n) is 14.7. The van der Waals surface area contributed by atoms with Crippen molar-refractivity contribution in [2.45, 2.75) is 63.7 Å². The zero-order valence-corrected chi connectivity index (χ0v) is 15.5. The Bertz CT molecular complexity index is 353. The van der Waals surface area contributed by atoms with Crippen LogP contribution in [0.4, 0.5) is 0 Å². The van der Waals surface area contributed by atoms with Crippen LogP contribution < -0.4 is 10.6 Å². The van der Waals surface area contributed by atoms with Crippen LogP contribution in [0, 0.1) is 0 Å². The average Bonchev–Trinajstić information content (AvgIpc) is 2.97. The van der Waals surface area contributed by atoms with Crippen LogP contribution in [0.5, 0.6) is 0 Å². The Morgan fingerprint density at radius 1 is 1.27 bits per heavy atom. The van der Waals surface area contributed by atoms with E-state index in [-0.39, 0.29) is 0 Å². The maximum Gasteiger partial charge on any atom is 0.191 e. The van der Waals surface area contributed by atoms with E-state index in [0.717, 1.165) is 32.1 Å². The van der Waals surface area contributed by atoms with Crippen molar-refractivity contribution in [3.8, 4) is 0 Å². The molecule has 0 radical (unpaired) electrons. The maximum atomic E-state index is 4.86. The molecule has 2 N–H and O–H groups in total. The first-order valence-corrected chi connectivity index (χ1v) is 10.1. The van der Waals surface area contributed by atoms with Crippen molar-refractivity contribution in [2.75, 3.05) is 38.5 Å². The normalized spacial score (nSPS) is 30.5. The second-order valence-corrected chi connectivity index (χ2v) is 8.44. The van der Waals surface area contributed by atoms with E-state index in [1.165, 1.54) is 44.4 Å². The van der Waals surface area contributed by atoms with Crippen LogP contribution in [-0.2, 0) is 0 Å². The lowest BCUT2D eigenvalue weighted by Crippen LogP contribution is -2.49. The maximum absolute atomic E-state index is 4.86. The quantitative estimate of drug-likeness (QED) is 0.581. The molecule has 0 aromatic heterocycles. The van der Waals surface area contributed by atoms with Crippen LogP contribution in [0.3, 0.4) is 0 Å². The number of hydrogen-bond donors (Lipinski definition) is 2. The summed E-state index contributed by atoms with van der Waals surface area (Å²) in [4.78, 5) is 7.46. The molecule has 0 aromatic carbocycles. The summed E-state index contributed by atoms with van der Waals surface area (Å²) >= 11 is 2.08. The molecule has 22 heavy (non-hydrogen) atoms. The number of guanidine groups is 1. The Labute approximate surface area is 140 Å². The minimum absolute atomic E-state index is 0.350. The highest BCUT2D eigenvalue weighted by Crippen LogP contribution is 2.37. The molecule has 0 spiro atoms. The average molecular weight is 327 g/mol. The molecular weight excluding hydrogens is 292 g/mol. The first-order valence-electron chi connectivity index (χ1n) is 9.07. The Hall–Kier alpha value is -0.420. The van der Waals surface area contributed by atoms with Crippen molar-refractivity contribution >= 4 is 17.7 Å². The highest BCUT2D eigenvalue weighted by atomic mass is 32.2. The Kier molecular flexibility index (Phi) is 7.35. The molecule has 0 aliphatic carbocycles. The molecule has 2 saturated heterocycles. The number of nitrogens with one attached hydrogen (secondary N) is 2. The fourth-order valence-electron chi connectivity index (χ4n) is 3.47. The van der Waals surface area contributed by atoms with Gasteiger partial charge in [-0.3, -0.25) is 9.89 Å². The SMILES string of the molecule is CCNC(=NCC1(C)CCCS1)NCC1CCCCN1CC. The molecule has 0 aromatic rings.